The largest absolute Gasteiger partial charge is 0.334 e. The van der Waals surface area contributed by atoms with E-state index < -0.39 is 11.9 Å². The van der Waals surface area contributed by atoms with E-state index >= 15 is 0 Å². The molecule has 1 N–H and O–H groups in total. The number of benzene rings is 1. The first kappa shape index (κ1) is 20.1. The van der Waals surface area contributed by atoms with Gasteiger partial charge in [0.15, 0.2) is 0 Å². The van der Waals surface area contributed by atoms with Crippen LogP contribution in [0.3, 0.4) is 0 Å². The molecule has 7 heteroatoms. The van der Waals surface area contributed by atoms with Gasteiger partial charge in [0.05, 0.1) is 5.69 Å². The van der Waals surface area contributed by atoms with Crippen LogP contribution in [-0.4, -0.2) is 48.4 Å². The topological polar surface area (TPSA) is 52.7 Å². The minimum Gasteiger partial charge on any atom is -0.334 e. The van der Waals surface area contributed by atoms with Crippen molar-refractivity contribution in [2.24, 2.45) is 5.92 Å². The highest BCUT2D eigenvalue weighted by Crippen LogP contribution is 2.33. The minimum absolute atomic E-state index is 0. The van der Waals surface area contributed by atoms with E-state index in [0.717, 1.165) is 12.8 Å². The van der Waals surface area contributed by atoms with E-state index in [4.69, 9.17) is 0 Å². The molecule has 3 atom stereocenters. The lowest BCUT2D eigenvalue weighted by atomic mass is 9.89. The van der Waals surface area contributed by atoms with E-state index in [-0.39, 0.29) is 24.2 Å². The van der Waals surface area contributed by atoms with E-state index in [9.17, 15) is 14.0 Å². The SMILES string of the molecule is CN(C(=O)CC1CC2CCC(C1)N2)C1CCN(c2ccccc2F)C1=O.Cl. The summed E-state index contributed by atoms with van der Waals surface area (Å²) in [5, 5.41) is 3.59. The number of carbonyl (C=O) groups is 2. The molecule has 3 fully saturated rings. The van der Waals surface area contributed by atoms with Crippen LogP contribution in [0, 0.1) is 11.7 Å². The Morgan fingerprint density at radius 3 is 2.56 bits per heavy atom. The zero-order chi connectivity index (χ0) is 18.3. The number of anilines is 1. The summed E-state index contributed by atoms with van der Waals surface area (Å²) in [6.45, 7) is 0.444. The minimum atomic E-state index is -0.486. The van der Waals surface area contributed by atoms with E-state index in [1.54, 1.807) is 30.1 Å². The van der Waals surface area contributed by atoms with Gasteiger partial charge in [0.2, 0.25) is 11.8 Å². The van der Waals surface area contributed by atoms with Crippen LogP contribution < -0.4 is 10.2 Å². The molecular weight excluding hydrogens is 369 g/mol. The fourth-order valence-electron chi connectivity index (χ4n) is 4.84. The van der Waals surface area contributed by atoms with E-state index in [0.29, 0.717) is 43.1 Å². The van der Waals surface area contributed by atoms with Crippen molar-refractivity contribution in [3.63, 3.8) is 0 Å². The number of fused-ring (bicyclic) bond motifs is 2. The maximum atomic E-state index is 14.0. The molecule has 5 nitrogen and oxygen atoms in total. The van der Waals surface area contributed by atoms with Crippen LogP contribution in [0.15, 0.2) is 24.3 Å². The number of piperidine rings is 1. The van der Waals surface area contributed by atoms with Gasteiger partial charge in [-0.25, -0.2) is 4.39 Å². The summed E-state index contributed by atoms with van der Waals surface area (Å²) < 4.78 is 14.0. The molecule has 3 saturated heterocycles. The molecule has 0 aromatic heterocycles. The van der Waals surface area contributed by atoms with Crippen LogP contribution >= 0.6 is 12.4 Å². The Bertz CT molecular complexity index is 704. The predicted octanol–water partition coefficient (Wildman–Crippen LogP) is 2.73. The van der Waals surface area contributed by atoms with Gasteiger partial charge in [-0.15, -0.1) is 12.4 Å². The Morgan fingerprint density at radius 1 is 1.22 bits per heavy atom. The molecule has 3 heterocycles. The number of nitrogens with zero attached hydrogens (tertiary/aromatic N) is 2. The van der Waals surface area contributed by atoms with Crippen molar-refractivity contribution in [1.82, 2.24) is 10.2 Å². The molecular formula is C20H27ClFN3O2. The highest BCUT2D eigenvalue weighted by molar-refractivity contribution is 6.01. The molecule has 27 heavy (non-hydrogen) atoms. The molecule has 3 unspecified atom stereocenters. The third-order valence-electron chi connectivity index (χ3n) is 6.22. The standard InChI is InChI=1S/C20H26FN3O2.ClH/c1-23(19(25)12-13-10-14-6-7-15(11-13)22-14)18-8-9-24(20(18)26)17-5-3-2-4-16(17)21;/h2-5,13-15,18,22H,6-12H2,1H3;1H. The monoisotopic (exact) mass is 395 g/mol. The van der Waals surface area contributed by atoms with Gasteiger partial charge in [0.1, 0.15) is 11.9 Å². The van der Waals surface area contributed by atoms with Crippen molar-refractivity contribution in [3.8, 4) is 0 Å². The molecule has 1 aromatic carbocycles. The van der Waals surface area contributed by atoms with E-state index in [2.05, 4.69) is 5.32 Å². The van der Waals surface area contributed by atoms with Gasteiger partial charge in [0.25, 0.3) is 0 Å². The number of para-hydroxylation sites is 1. The molecule has 0 saturated carbocycles. The number of amides is 2. The van der Waals surface area contributed by atoms with E-state index in [1.165, 1.54) is 23.8 Å². The van der Waals surface area contributed by atoms with Crippen LogP contribution in [0.5, 0.6) is 0 Å². The van der Waals surface area contributed by atoms with Crippen LogP contribution in [0.2, 0.25) is 0 Å². The second kappa shape index (κ2) is 8.15. The molecule has 0 aliphatic carbocycles. The average Bonchev–Trinajstić information content (AvgIpc) is 3.17. The highest BCUT2D eigenvalue weighted by Gasteiger charge is 2.39. The molecule has 1 aromatic rings. The lowest BCUT2D eigenvalue weighted by Crippen LogP contribution is -2.45. The molecule has 4 rings (SSSR count). The summed E-state index contributed by atoms with van der Waals surface area (Å²) >= 11 is 0. The number of likely N-dealkylation sites (N-methyl/N-ethyl adjacent to an activating group) is 1. The number of hydrogen-bond donors (Lipinski definition) is 1. The normalized spacial score (nSPS) is 29.6. The summed E-state index contributed by atoms with van der Waals surface area (Å²) in [7, 11) is 1.71. The maximum absolute atomic E-state index is 14.0. The fourth-order valence-corrected chi connectivity index (χ4v) is 4.84. The Hall–Kier alpha value is -1.66. The lowest BCUT2D eigenvalue weighted by molar-refractivity contribution is -0.137. The predicted molar refractivity (Wildman–Crippen MR) is 104 cm³/mol. The molecule has 0 radical (unpaired) electrons. The van der Waals surface area contributed by atoms with Gasteiger partial charge < -0.3 is 15.1 Å². The Labute approximate surface area is 165 Å². The number of carbonyl (C=O) groups excluding carboxylic acids is 2. The van der Waals surface area contributed by atoms with Crippen molar-refractivity contribution in [2.45, 2.75) is 56.7 Å². The zero-order valence-corrected chi connectivity index (χ0v) is 16.4. The molecule has 2 amide bonds. The first-order valence-corrected chi connectivity index (χ1v) is 9.60. The van der Waals surface area contributed by atoms with Gasteiger partial charge >= 0.3 is 0 Å². The summed E-state index contributed by atoms with van der Waals surface area (Å²) in [5.74, 6) is -0.148. The van der Waals surface area contributed by atoms with Gasteiger partial charge in [-0.2, -0.15) is 0 Å². The van der Waals surface area contributed by atoms with Gasteiger partial charge in [0, 0.05) is 32.1 Å². The summed E-state index contributed by atoms with van der Waals surface area (Å²) in [6, 6.07) is 6.93. The van der Waals surface area contributed by atoms with Crippen molar-refractivity contribution < 1.29 is 14.0 Å². The van der Waals surface area contributed by atoms with Crippen molar-refractivity contribution in [3.05, 3.63) is 30.1 Å². The summed E-state index contributed by atoms with van der Waals surface area (Å²) in [4.78, 5) is 28.6. The summed E-state index contributed by atoms with van der Waals surface area (Å²) in [5.41, 5.74) is 0.302. The van der Waals surface area contributed by atoms with Gasteiger partial charge in [-0.3, -0.25) is 9.59 Å². The number of hydrogen-bond acceptors (Lipinski definition) is 3. The number of nitrogens with one attached hydrogen (secondary N) is 1. The van der Waals surface area contributed by atoms with Crippen molar-refractivity contribution >= 4 is 29.9 Å². The molecule has 2 bridgehead atoms. The van der Waals surface area contributed by atoms with Crippen LogP contribution in [0.25, 0.3) is 0 Å². The first-order chi connectivity index (χ1) is 12.5. The molecule has 148 valence electrons. The van der Waals surface area contributed by atoms with Crippen LogP contribution in [-0.2, 0) is 9.59 Å². The summed E-state index contributed by atoms with van der Waals surface area (Å²) in [6.07, 6.45) is 5.58. The Morgan fingerprint density at radius 2 is 1.89 bits per heavy atom. The second-order valence-electron chi connectivity index (χ2n) is 7.93. The van der Waals surface area contributed by atoms with E-state index in [1.807, 2.05) is 0 Å². The second-order valence-corrected chi connectivity index (χ2v) is 7.93. The van der Waals surface area contributed by atoms with Crippen molar-refractivity contribution in [1.29, 1.82) is 0 Å². The van der Waals surface area contributed by atoms with Crippen LogP contribution in [0.4, 0.5) is 10.1 Å². The highest BCUT2D eigenvalue weighted by atomic mass is 35.5. The fraction of sp³-hybridized carbons (Fsp3) is 0.600. The molecule has 3 aliphatic heterocycles. The average molecular weight is 396 g/mol. The van der Waals surface area contributed by atoms with Gasteiger partial charge in [-0.05, 0) is 50.2 Å². The lowest BCUT2D eigenvalue weighted by Gasteiger charge is -2.31. The quantitative estimate of drug-likeness (QED) is 0.852. The maximum Gasteiger partial charge on any atom is 0.249 e. The Balaban J connectivity index is 0.00000210. The Kier molecular flexibility index (Phi) is 6.06. The number of rotatable bonds is 4. The zero-order valence-electron chi connectivity index (χ0n) is 15.6. The molecule has 0 spiro atoms. The number of halogens is 2. The van der Waals surface area contributed by atoms with Crippen LogP contribution in [0.1, 0.15) is 38.5 Å². The van der Waals surface area contributed by atoms with Gasteiger partial charge in [-0.1, -0.05) is 12.1 Å². The third kappa shape index (κ3) is 3.97. The smallest absolute Gasteiger partial charge is 0.249 e. The first-order valence-electron chi connectivity index (χ1n) is 9.60. The molecule has 3 aliphatic rings. The van der Waals surface area contributed by atoms with Crippen molar-refractivity contribution in [2.75, 3.05) is 18.5 Å². The third-order valence-corrected chi connectivity index (χ3v) is 6.22.